The third-order valence-electron chi connectivity index (χ3n) is 3.35. The second-order valence-corrected chi connectivity index (χ2v) is 7.58. The minimum absolute atomic E-state index is 0.0471. The summed E-state index contributed by atoms with van der Waals surface area (Å²) in [5, 5.41) is 20.9. The van der Waals surface area contributed by atoms with Crippen LogP contribution in [0.3, 0.4) is 0 Å². The van der Waals surface area contributed by atoms with Gasteiger partial charge in [0.05, 0.1) is 19.3 Å². The number of nitriles is 1. The standard InChI is InChI=1S/C19H14I2N2O4/c1-2-27-17-15(20)7-11(8-16(17)21)6-13(10-22)18(24)23-14-5-3-4-12(9-14)19(25)26/h3-9H,2H2,1H3,(H,23,24)(H,25,26)/b13-6+. The Balaban J connectivity index is 2.28. The van der Waals surface area contributed by atoms with Crippen molar-refractivity contribution >= 4 is 68.8 Å². The number of carboxylic acids is 1. The number of carbonyl (C=O) groups is 2. The Labute approximate surface area is 183 Å². The number of hydrogen-bond donors (Lipinski definition) is 2. The highest BCUT2D eigenvalue weighted by Gasteiger charge is 2.13. The zero-order valence-corrected chi connectivity index (χ0v) is 18.4. The van der Waals surface area contributed by atoms with E-state index >= 15 is 0 Å². The molecule has 0 aliphatic heterocycles. The lowest BCUT2D eigenvalue weighted by Crippen LogP contribution is -2.14. The Kier molecular flexibility index (Phi) is 7.61. The van der Waals surface area contributed by atoms with Gasteiger partial charge in [0.15, 0.2) is 0 Å². The average molecular weight is 588 g/mol. The van der Waals surface area contributed by atoms with E-state index in [1.54, 1.807) is 6.07 Å². The van der Waals surface area contributed by atoms with Gasteiger partial charge in [-0.05, 0) is 94.1 Å². The number of hydrogen-bond acceptors (Lipinski definition) is 4. The van der Waals surface area contributed by atoms with Gasteiger partial charge >= 0.3 is 5.97 Å². The summed E-state index contributed by atoms with van der Waals surface area (Å²) >= 11 is 4.28. The number of anilines is 1. The topological polar surface area (TPSA) is 99.4 Å². The molecule has 0 atom stereocenters. The molecule has 0 spiro atoms. The molecule has 0 unspecified atom stereocenters. The SMILES string of the molecule is CCOc1c(I)cc(/C=C(\C#N)C(=O)Nc2cccc(C(=O)O)c2)cc1I. The highest BCUT2D eigenvalue weighted by atomic mass is 127. The highest BCUT2D eigenvalue weighted by molar-refractivity contribution is 14.1. The van der Waals surface area contributed by atoms with E-state index in [4.69, 9.17) is 9.84 Å². The van der Waals surface area contributed by atoms with Crippen LogP contribution < -0.4 is 10.1 Å². The van der Waals surface area contributed by atoms with Crippen molar-refractivity contribution in [2.75, 3.05) is 11.9 Å². The molecule has 1 amide bonds. The van der Waals surface area contributed by atoms with Gasteiger partial charge in [0.2, 0.25) is 0 Å². The fourth-order valence-electron chi connectivity index (χ4n) is 2.19. The van der Waals surface area contributed by atoms with Gasteiger partial charge in [0.25, 0.3) is 5.91 Å². The van der Waals surface area contributed by atoms with Gasteiger partial charge in [0.1, 0.15) is 17.4 Å². The first-order valence-electron chi connectivity index (χ1n) is 7.74. The average Bonchev–Trinajstić information content (AvgIpc) is 2.62. The van der Waals surface area contributed by atoms with Crippen LogP contribution in [0.25, 0.3) is 6.08 Å². The minimum Gasteiger partial charge on any atom is -0.492 e. The number of benzene rings is 2. The van der Waals surface area contributed by atoms with E-state index in [0.29, 0.717) is 17.9 Å². The van der Waals surface area contributed by atoms with E-state index in [1.165, 1.54) is 24.3 Å². The molecule has 2 aromatic rings. The number of carbonyl (C=O) groups excluding carboxylic acids is 1. The molecular formula is C19H14I2N2O4. The number of nitrogens with one attached hydrogen (secondary N) is 1. The van der Waals surface area contributed by atoms with Crippen molar-refractivity contribution in [3.8, 4) is 11.8 Å². The van der Waals surface area contributed by atoms with Crippen LogP contribution in [0.15, 0.2) is 42.0 Å². The largest absolute Gasteiger partial charge is 0.492 e. The fourth-order valence-corrected chi connectivity index (χ4v) is 4.32. The molecule has 2 N–H and O–H groups in total. The number of amides is 1. The summed E-state index contributed by atoms with van der Waals surface area (Å²) in [7, 11) is 0. The van der Waals surface area contributed by atoms with E-state index in [0.717, 1.165) is 12.9 Å². The van der Waals surface area contributed by atoms with E-state index in [1.807, 2.05) is 25.1 Å². The van der Waals surface area contributed by atoms with Crippen molar-refractivity contribution in [3.05, 3.63) is 60.2 Å². The molecule has 0 aliphatic rings. The Morgan fingerprint density at radius 1 is 1.26 bits per heavy atom. The maximum absolute atomic E-state index is 12.4. The smallest absolute Gasteiger partial charge is 0.335 e. The van der Waals surface area contributed by atoms with E-state index in [-0.39, 0.29) is 11.1 Å². The van der Waals surface area contributed by atoms with Gasteiger partial charge in [-0.3, -0.25) is 4.79 Å². The van der Waals surface area contributed by atoms with E-state index in [2.05, 4.69) is 50.5 Å². The highest BCUT2D eigenvalue weighted by Crippen LogP contribution is 2.29. The number of nitrogens with zero attached hydrogens (tertiary/aromatic N) is 1. The van der Waals surface area contributed by atoms with Crippen molar-refractivity contribution in [1.82, 2.24) is 0 Å². The fraction of sp³-hybridized carbons (Fsp3) is 0.105. The van der Waals surface area contributed by atoms with Crippen LogP contribution >= 0.6 is 45.2 Å². The summed E-state index contributed by atoms with van der Waals surface area (Å²) in [5.74, 6) is -0.941. The molecule has 0 aromatic heterocycles. The summed E-state index contributed by atoms with van der Waals surface area (Å²) < 4.78 is 7.33. The molecule has 0 bridgehead atoms. The summed E-state index contributed by atoms with van der Waals surface area (Å²) in [5.41, 5.74) is 0.951. The number of rotatable bonds is 6. The molecule has 0 radical (unpaired) electrons. The summed E-state index contributed by atoms with van der Waals surface area (Å²) in [6.45, 7) is 2.44. The Hall–Kier alpha value is -2.13. The molecule has 6 nitrogen and oxygen atoms in total. The van der Waals surface area contributed by atoms with Crippen molar-refractivity contribution in [3.63, 3.8) is 0 Å². The van der Waals surface area contributed by atoms with Crippen LogP contribution in [0, 0.1) is 18.5 Å². The van der Waals surface area contributed by atoms with Gasteiger partial charge in [-0.15, -0.1) is 0 Å². The monoisotopic (exact) mass is 588 g/mol. The molecule has 2 rings (SSSR count). The number of aromatic carboxylic acids is 1. The molecule has 8 heteroatoms. The normalized spacial score (nSPS) is 10.8. The van der Waals surface area contributed by atoms with Gasteiger partial charge < -0.3 is 15.2 Å². The molecule has 0 aliphatic carbocycles. The molecule has 0 saturated carbocycles. The quantitative estimate of drug-likeness (QED) is 0.294. The molecule has 138 valence electrons. The number of ether oxygens (including phenoxy) is 1. The summed E-state index contributed by atoms with van der Waals surface area (Å²) in [4.78, 5) is 23.4. The lowest BCUT2D eigenvalue weighted by Gasteiger charge is -2.10. The molecule has 0 fully saturated rings. The lowest BCUT2D eigenvalue weighted by atomic mass is 10.1. The first-order valence-corrected chi connectivity index (χ1v) is 9.89. The number of carboxylic acid groups (broad SMARTS) is 1. The lowest BCUT2D eigenvalue weighted by molar-refractivity contribution is -0.112. The van der Waals surface area contributed by atoms with Gasteiger partial charge in [0, 0.05) is 5.69 Å². The second kappa shape index (κ2) is 9.70. The van der Waals surface area contributed by atoms with Crippen molar-refractivity contribution < 1.29 is 19.4 Å². The third-order valence-corrected chi connectivity index (χ3v) is 4.96. The zero-order chi connectivity index (χ0) is 20.0. The van der Waals surface area contributed by atoms with Crippen LogP contribution in [-0.2, 0) is 4.79 Å². The Bertz CT molecular complexity index is 941. The van der Waals surface area contributed by atoms with Crippen molar-refractivity contribution in [2.45, 2.75) is 6.92 Å². The van der Waals surface area contributed by atoms with Crippen LogP contribution in [-0.4, -0.2) is 23.6 Å². The van der Waals surface area contributed by atoms with Gasteiger partial charge in [-0.1, -0.05) is 6.07 Å². The van der Waals surface area contributed by atoms with Crippen LogP contribution in [0.1, 0.15) is 22.8 Å². The van der Waals surface area contributed by atoms with E-state index < -0.39 is 11.9 Å². The van der Waals surface area contributed by atoms with Crippen LogP contribution in [0.4, 0.5) is 5.69 Å². The Morgan fingerprint density at radius 3 is 2.48 bits per heavy atom. The maximum Gasteiger partial charge on any atom is 0.335 e. The predicted molar refractivity (Wildman–Crippen MR) is 119 cm³/mol. The van der Waals surface area contributed by atoms with E-state index in [9.17, 15) is 14.9 Å². The minimum atomic E-state index is -1.10. The van der Waals surface area contributed by atoms with Crippen molar-refractivity contribution in [1.29, 1.82) is 5.26 Å². The zero-order valence-electron chi connectivity index (χ0n) is 14.1. The molecule has 27 heavy (non-hydrogen) atoms. The molecule has 0 heterocycles. The first kappa shape index (κ1) is 21.2. The first-order chi connectivity index (χ1) is 12.8. The summed E-state index contributed by atoms with van der Waals surface area (Å²) in [6.07, 6.45) is 1.48. The maximum atomic E-state index is 12.4. The molecular weight excluding hydrogens is 574 g/mol. The van der Waals surface area contributed by atoms with Gasteiger partial charge in [-0.2, -0.15) is 5.26 Å². The second-order valence-electron chi connectivity index (χ2n) is 5.26. The van der Waals surface area contributed by atoms with Crippen LogP contribution in [0.5, 0.6) is 5.75 Å². The summed E-state index contributed by atoms with van der Waals surface area (Å²) in [6, 6.07) is 11.4. The van der Waals surface area contributed by atoms with Crippen molar-refractivity contribution in [2.24, 2.45) is 0 Å². The Morgan fingerprint density at radius 2 is 1.93 bits per heavy atom. The number of halogens is 2. The third kappa shape index (κ3) is 5.67. The van der Waals surface area contributed by atoms with Gasteiger partial charge in [-0.25, -0.2) is 4.79 Å². The molecule has 2 aromatic carbocycles. The molecule has 0 saturated heterocycles. The van der Waals surface area contributed by atoms with Crippen LogP contribution in [0.2, 0.25) is 0 Å². The predicted octanol–water partition coefficient (Wildman–Crippen LogP) is 4.54.